The Morgan fingerprint density at radius 3 is 2.13 bits per heavy atom. The van der Waals surface area contributed by atoms with Crippen molar-refractivity contribution in [1.82, 2.24) is 9.29 Å². The largest absolute Gasteiger partial charge is 0.419 e. The summed E-state index contributed by atoms with van der Waals surface area (Å²) >= 11 is 0. The summed E-state index contributed by atoms with van der Waals surface area (Å²) in [7, 11) is -2.16. The van der Waals surface area contributed by atoms with Gasteiger partial charge in [-0.3, -0.25) is 4.57 Å². The van der Waals surface area contributed by atoms with Crippen LogP contribution in [-0.4, -0.2) is 19.5 Å². The third-order valence-corrected chi connectivity index (χ3v) is 6.66. The van der Waals surface area contributed by atoms with E-state index in [0.717, 1.165) is 11.1 Å². The molecule has 4 aromatic rings. The fourth-order valence-corrected chi connectivity index (χ4v) is 4.66. The van der Waals surface area contributed by atoms with E-state index in [-0.39, 0.29) is 22.9 Å². The highest BCUT2D eigenvalue weighted by atomic mass is 32.2. The topological polar surface area (TPSA) is 81.3 Å². The van der Waals surface area contributed by atoms with Crippen molar-refractivity contribution >= 4 is 21.1 Å². The Balaban J connectivity index is 1.53. The van der Waals surface area contributed by atoms with Crippen molar-refractivity contribution in [2.24, 2.45) is 7.05 Å². The average molecular weight is 423 g/mol. The smallest absolute Gasteiger partial charge is 0.408 e. The number of oxazole rings is 1. The van der Waals surface area contributed by atoms with Crippen LogP contribution in [0.3, 0.4) is 0 Å². The molecule has 0 saturated heterocycles. The first kappa shape index (κ1) is 20.1. The molecule has 1 heterocycles. The van der Waals surface area contributed by atoms with E-state index >= 15 is 0 Å². The molecule has 0 radical (unpaired) electrons. The molecule has 7 heteroatoms. The lowest BCUT2D eigenvalue weighted by Crippen LogP contribution is -2.26. The number of rotatable bonds is 7. The molecule has 30 heavy (non-hydrogen) atoms. The van der Waals surface area contributed by atoms with E-state index in [0.29, 0.717) is 11.9 Å². The van der Waals surface area contributed by atoms with Gasteiger partial charge in [-0.2, -0.15) is 0 Å². The number of nitrogens with zero attached hydrogens (tertiary/aromatic N) is 1. The van der Waals surface area contributed by atoms with Crippen molar-refractivity contribution in [2.45, 2.75) is 17.2 Å². The molecule has 0 spiro atoms. The van der Waals surface area contributed by atoms with Crippen LogP contribution in [0.1, 0.15) is 23.5 Å². The first-order valence-electron chi connectivity index (χ1n) is 9.65. The van der Waals surface area contributed by atoms with E-state index in [1.807, 2.05) is 36.4 Å². The Morgan fingerprint density at radius 1 is 0.933 bits per heavy atom. The lowest BCUT2D eigenvalue weighted by atomic mass is 9.89. The molecular weight excluding hydrogens is 400 g/mol. The molecule has 0 atom stereocenters. The summed E-state index contributed by atoms with van der Waals surface area (Å²) in [6.07, 6.45) is 0.607. The van der Waals surface area contributed by atoms with E-state index in [4.69, 9.17) is 4.42 Å². The lowest BCUT2D eigenvalue weighted by Gasteiger charge is -2.18. The van der Waals surface area contributed by atoms with Gasteiger partial charge in [0.05, 0.1) is 10.4 Å². The molecule has 0 unspecified atom stereocenters. The van der Waals surface area contributed by atoms with E-state index in [2.05, 4.69) is 29.0 Å². The minimum absolute atomic E-state index is 0.0697. The van der Waals surface area contributed by atoms with Crippen LogP contribution in [0, 0.1) is 0 Å². The van der Waals surface area contributed by atoms with Gasteiger partial charge >= 0.3 is 5.76 Å². The average Bonchev–Trinajstić information content (AvgIpc) is 3.05. The number of sulfonamides is 1. The highest BCUT2D eigenvalue weighted by Crippen LogP contribution is 2.27. The zero-order valence-electron chi connectivity index (χ0n) is 16.5. The number of aromatic nitrogens is 1. The number of aryl methyl sites for hydroxylation is 1. The van der Waals surface area contributed by atoms with Crippen molar-refractivity contribution in [2.75, 3.05) is 6.54 Å². The van der Waals surface area contributed by atoms with Crippen molar-refractivity contribution < 1.29 is 12.8 Å². The predicted molar refractivity (Wildman–Crippen MR) is 116 cm³/mol. The monoisotopic (exact) mass is 422 g/mol. The molecular formula is C23H22N2O4S. The zero-order valence-corrected chi connectivity index (χ0v) is 17.3. The maximum Gasteiger partial charge on any atom is 0.419 e. The Bertz CT molecular complexity index is 1270. The highest BCUT2D eigenvalue weighted by molar-refractivity contribution is 7.89. The SMILES string of the molecule is Cn1c(=O)oc2cc(S(=O)(=O)NCCC(c3ccccc3)c3ccccc3)ccc21. The van der Waals surface area contributed by atoms with E-state index in [1.165, 1.54) is 16.7 Å². The van der Waals surface area contributed by atoms with Crippen LogP contribution in [0.5, 0.6) is 0 Å². The lowest BCUT2D eigenvalue weighted by molar-refractivity contribution is 0.527. The van der Waals surface area contributed by atoms with Gasteiger partial charge in [0, 0.05) is 25.6 Å². The van der Waals surface area contributed by atoms with Crippen molar-refractivity contribution in [1.29, 1.82) is 0 Å². The molecule has 3 aromatic carbocycles. The fourth-order valence-electron chi connectivity index (χ4n) is 3.60. The van der Waals surface area contributed by atoms with Gasteiger partial charge in [0.15, 0.2) is 5.58 Å². The summed E-state index contributed by atoms with van der Waals surface area (Å²) in [4.78, 5) is 11.7. The first-order chi connectivity index (χ1) is 14.5. The van der Waals surface area contributed by atoms with Gasteiger partial charge < -0.3 is 4.42 Å². The minimum atomic E-state index is -3.74. The van der Waals surface area contributed by atoms with Crippen molar-refractivity contribution in [3.05, 3.63) is 101 Å². The normalized spacial score (nSPS) is 11.9. The number of nitrogens with one attached hydrogen (secondary N) is 1. The predicted octanol–water partition coefficient (Wildman–Crippen LogP) is 3.63. The van der Waals surface area contributed by atoms with Gasteiger partial charge in [0.2, 0.25) is 10.0 Å². The molecule has 0 aliphatic rings. The molecule has 0 bridgehead atoms. The summed E-state index contributed by atoms with van der Waals surface area (Å²) < 4.78 is 34.7. The third-order valence-electron chi connectivity index (χ3n) is 5.20. The second-order valence-corrected chi connectivity index (χ2v) is 8.88. The van der Waals surface area contributed by atoms with Crippen LogP contribution in [0.25, 0.3) is 11.1 Å². The Hall–Kier alpha value is -3.16. The maximum absolute atomic E-state index is 12.8. The summed E-state index contributed by atoms with van der Waals surface area (Å²) in [5, 5.41) is 0. The van der Waals surface area contributed by atoms with Gasteiger partial charge in [-0.25, -0.2) is 17.9 Å². The highest BCUT2D eigenvalue weighted by Gasteiger charge is 2.19. The number of fused-ring (bicyclic) bond motifs is 1. The molecule has 0 fully saturated rings. The zero-order chi connectivity index (χ0) is 21.1. The van der Waals surface area contributed by atoms with Gasteiger partial charge in [-0.1, -0.05) is 60.7 Å². The van der Waals surface area contributed by atoms with Crippen LogP contribution in [-0.2, 0) is 17.1 Å². The van der Waals surface area contributed by atoms with Crippen LogP contribution in [0.4, 0.5) is 0 Å². The number of hydrogen-bond donors (Lipinski definition) is 1. The Morgan fingerprint density at radius 2 is 1.53 bits per heavy atom. The molecule has 154 valence electrons. The molecule has 1 aromatic heterocycles. The molecule has 0 saturated carbocycles. The molecule has 0 aliphatic carbocycles. The molecule has 1 N–H and O–H groups in total. The van der Waals surface area contributed by atoms with E-state index < -0.39 is 15.8 Å². The van der Waals surface area contributed by atoms with E-state index in [9.17, 15) is 13.2 Å². The first-order valence-corrected chi connectivity index (χ1v) is 11.1. The molecule has 4 rings (SSSR count). The third kappa shape index (κ3) is 4.08. The number of hydrogen-bond acceptors (Lipinski definition) is 4. The Kier molecular flexibility index (Phi) is 5.57. The number of benzene rings is 3. The van der Waals surface area contributed by atoms with Crippen molar-refractivity contribution in [3.8, 4) is 0 Å². The van der Waals surface area contributed by atoms with Crippen LogP contribution >= 0.6 is 0 Å². The van der Waals surface area contributed by atoms with Gasteiger partial charge in [0.25, 0.3) is 0 Å². The second kappa shape index (κ2) is 8.30. The Labute approximate surface area is 174 Å². The van der Waals surface area contributed by atoms with Crippen LogP contribution in [0.2, 0.25) is 0 Å². The summed E-state index contributed by atoms with van der Waals surface area (Å²) in [5.41, 5.74) is 3.06. The van der Waals surface area contributed by atoms with Gasteiger partial charge in [0.1, 0.15) is 0 Å². The fraction of sp³-hybridized carbons (Fsp3) is 0.174. The molecule has 0 amide bonds. The minimum Gasteiger partial charge on any atom is -0.408 e. The van der Waals surface area contributed by atoms with E-state index in [1.54, 1.807) is 13.1 Å². The van der Waals surface area contributed by atoms with Crippen molar-refractivity contribution in [3.63, 3.8) is 0 Å². The summed E-state index contributed by atoms with van der Waals surface area (Å²) in [5.74, 6) is -0.453. The van der Waals surface area contributed by atoms with Crippen LogP contribution in [0.15, 0.2) is 93.0 Å². The molecule has 0 aliphatic heterocycles. The standard InChI is InChI=1S/C23H22N2O4S/c1-25-21-13-12-19(16-22(21)29-23(25)26)30(27,28)24-15-14-20(17-8-4-2-5-9-17)18-10-6-3-7-11-18/h2-13,16,20,24H,14-15H2,1H3. The quantitative estimate of drug-likeness (QED) is 0.493. The molecule has 6 nitrogen and oxygen atoms in total. The summed E-state index contributed by atoms with van der Waals surface area (Å²) in [6.45, 7) is 0.271. The summed E-state index contributed by atoms with van der Waals surface area (Å²) in [6, 6.07) is 24.5. The van der Waals surface area contributed by atoms with Gasteiger partial charge in [-0.05, 0) is 29.7 Å². The van der Waals surface area contributed by atoms with Gasteiger partial charge in [-0.15, -0.1) is 0 Å². The maximum atomic E-state index is 12.8. The second-order valence-electron chi connectivity index (χ2n) is 7.12. The van der Waals surface area contributed by atoms with Crippen LogP contribution < -0.4 is 10.5 Å².